The maximum Gasteiger partial charge on any atom is 0.123 e. The molecule has 2 saturated heterocycles. The van der Waals surface area contributed by atoms with Gasteiger partial charge in [-0.3, -0.25) is 0 Å². The molecule has 1 N–H and O–H groups in total. The SMILES string of the molecule is Fc1ccc(C23CCCC(C2)N3)cc1. The summed E-state index contributed by atoms with van der Waals surface area (Å²) in [6.45, 7) is 0. The molecule has 14 heavy (non-hydrogen) atoms. The fourth-order valence-electron chi connectivity index (χ4n) is 2.90. The summed E-state index contributed by atoms with van der Waals surface area (Å²) in [6, 6.07) is 7.68. The van der Waals surface area contributed by atoms with Gasteiger partial charge in [0.2, 0.25) is 0 Å². The third-order valence-electron chi connectivity index (χ3n) is 3.63. The van der Waals surface area contributed by atoms with Gasteiger partial charge in [-0.05, 0) is 43.4 Å². The monoisotopic (exact) mass is 191 g/mol. The van der Waals surface area contributed by atoms with E-state index in [0.717, 1.165) is 0 Å². The summed E-state index contributed by atoms with van der Waals surface area (Å²) < 4.78 is 12.8. The highest BCUT2D eigenvalue weighted by Crippen LogP contribution is 2.45. The minimum Gasteiger partial charge on any atom is -0.304 e. The van der Waals surface area contributed by atoms with Crippen molar-refractivity contribution in [2.24, 2.45) is 0 Å². The zero-order valence-corrected chi connectivity index (χ0v) is 8.09. The molecule has 2 aliphatic heterocycles. The van der Waals surface area contributed by atoms with Crippen LogP contribution in [0.1, 0.15) is 31.2 Å². The molecule has 2 heterocycles. The van der Waals surface area contributed by atoms with Crippen molar-refractivity contribution in [2.75, 3.05) is 0 Å². The van der Waals surface area contributed by atoms with E-state index in [0.29, 0.717) is 6.04 Å². The van der Waals surface area contributed by atoms with Crippen LogP contribution in [0.4, 0.5) is 4.39 Å². The highest BCUT2D eigenvalue weighted by Gasteiger charge is 2.47. The molecular weight excluding hydrogens is 177 g/mol. The molecule has 1 saturated carbocycles. The Balaban J connectivity index is 1.91. The number of hydrogen-bond acceptors (Lipinski definition) is 1. The van der Waals surface area contributed by atoms with Crippen LogP contribution < -0.4 is 5.32 Å². The number of rotatable bonds is 1. The largest absolute Gasteiger partial charge is 0.304 e. The minimum atomic E-state index is -0.142. The van der Waals surface area contributed by atoms with Crippen LogP contribution in [0.25, 0.3) is 0 Å². The lowest BCUT2D eigenvalue weighted by Gasteiger charge is -2.54. The number of halogens is 1. The average Bonchev–Trinajstić information content (AvgIpc) is 2.18. The standard InChI is InChI=1S/C12H14FN/c13-10-5-3-9(4-6-10)12-7-1-2-11(8-12)14-12/h3-6,11,14H,1-2,7-8H2. The van der Waals surface area contributed by atoms with E-state index in [1.165, 1.54) is 31.2 Å². The zero-order valence-electron chi connectivity index (χ0n) is 8.09. The first-order chi connectivity index (χ1) is 6.78. The van der Waals surface area contributed by atoms with Crippen molar-refractivity contribution in [3.05, 3.63) is 35.6 Å². The molecule has 0 radical (unpaired) electrons. The highest BCUT2D eigenvalue weighted by molar-refractivity contribution is 5.30. The molecule has 2 unspecified atom stereocenters. The number of nitrogens with one attached hydrogen (secondary N) is 1. The number of piperidine rings is 1. The third kappa shape index (κ3) is 1.10. The van der Waals surface area contributed by atoms with Crippen LogP contribution in [0.5, 0.6) is 0 Å². The van der Waals surface area contributed by atoms with Crippen LogP contribution in [0, 0.1) is 5.82 Å². The highest BCUT2D eigenvalue weighted by atomic mass is 19.1. The molecule has 1 nitrogen and oxygen atoms in total. The van der Waals surface area contributed by atoms with Crippen molar-refractivity contribution < 1.29 is 4.39 Å². The Morgan fingerprint density at radius 3 is 2.57 bits per heavy atom. The zero-order chi connectivity index (χ0) is 9.60. The average molecular weight is 191 g/mol. The van der Waals surface area contributed by atoms with Gasteiger partial charge in [-0.1, -0.05) is 12.1 Å². The Morgan fingerprint density at radius 2 is 2.00 bits per heavy atom. The second-order valence-corrected chi connectivity index (χ2v) is 4.53. The molecule has 1 aromatic carbocycles. The van der Waals surface area contributed by atoms with Crippen molar-refractivity contribution in [2.45, 2.75) is 37.3 Å². The van der Waals surface area contributed by atoms with Gasteiger partial charge in [-0.15, -0.1) is 0 Å². The number of benzene rings is 1. The summed E-state index contributed by atoms with van der Waals surface area (Å²) in [6.07, 6.45) is 5.05. The Labute approximate surface area is 83.3 Å². The summed E-state index contributed by atoms with van der Waals surface area (Å²) in [5.74, 6) is -0.142. The molecule has 74 valence electrons. The molecule has 3 fully saturated rings. The van der Waals surface area contributed by atoms with Crippen molar-refractivity contribution in [1.82, 2.24) is 5.32 Å². The van der Waals surface area contributed by atoms with Gasteiger partial charge in [0.1, 0.15) is 5.82 Å². The Bertz CT molecular complexity index is 332. The van der Waals surface area contributed by atoms with E-state index in [1.807, 2.05) is 12.1 Å². The van der Waals surface area contributed by atoms with Crippen molar-refractivity contribution in [1.29, 1.82) is 0 Å². The molecule has 0 spiro atoms. The summed E-state index contributed by atoms with van der Waals surface area (Å²) in [4.78, 5) is 0. The van der Waals surface area contributed by atoms with E-state index < -0.39 is 0 Å². The molecule has 0 amide bonds. The molecule has 1 aliphatic carbocycles. The lowest BCUT2D eigenvalue weighted by atomic mass is 9.67. The summed E-state index contributed by atoms with van der Waals surface area (Å²) in [7, 11) is 0. The van der Waals surface area contributed by atoms with E-state index in [-0.39, 0.29) is 11.4 Å². The molecule has 4 rings (SSSR count). The van der Waals surface area contributed by atoms with Gasteiger partial charge in [0.15, 0.2) is 0 Å². The second-order valence-electron chi connectivity index (χ2n) is 4.53. The molecular formula is C12H14FN. The first-order valence-corrected chi connectivity index (χ1v) is 5.32. The van der Waals surface area contributed by atoms with Crippen LogP contribution in [0.15, 0.2) is 24.3 Å². The van der Waals surface area contributed by atoms with Gasteiger partial charge < -0.3 is 5.32 Å². The van der Waals surface area contributed by atoms with E-state index in [1.54, 1.807) is 12.1 Å². The fourth-order valence-corrected chi connectivity index (χ4v) is 2.90. The first kappa shape index (κ1) is 8.42. The van der Waals surface area contributed by atoms with E-state index in [9.17, 15) is 4.39 Å². The van der Waals surface area contributed by atoms with E-state index in [2.05, 4.69) is 5.32 Å². The Hall–Kier alpha value is -0.890. The third-order valence-corrected chi connectivity index (χ3v) is 3.63. The van der Waals surface area contributed by atoms with Gasteiger partial charge >= 0.3 is 0 Å². The number of fused-ring (bicyclic) bond motifs is 2. The molecule has 0 aromatic heterocycles. The lowest BCUT2D eigenvalue weighted by molar-refractivity contribution is 0.0688. The molecule has 2 atom stereocenters. The summed E-state index contributed by atoms with van der Waals surface area (Å²) in [5, 5.41) is 3.61. The topological polar surface area (TPSA) is 12.0 Å². The van der Waals surface area contributed by atoms with Crippen LogP contribution in [-0.4, -0.2) is 6.04 Å². The van der Waals surface area contributed by atoms with E-state index >= 15 is 0 Å². The first-order valence-electron chi connectivity index (χ1n) is 5.32. The van der Waals surface area contributed by atoms with Gasteiger partial charge in [0, 0.05) is 11.6 Å². The van der Waals surface area contributed by atoms with Crippen molar-refractivity contribution in [3.63, 3.8) is 0 Å². The van der Waals surface area contributed by atoms with Crippen molar-refractivity contribution in [3.8, 4) is 0 Å². The van der Waals surface area contributed by atoms with Crippen LogP contribution in [0.2, 0.25) is 0 Å². The predicted molar refractivity (Wildman–Crippen MR) is 53.5 cm³/mol. The van der Waals surface area contributed by atoms with Crippen LogP contribution >= 0.6 is 0 Å². The minimum absolute atomic E-state index is 0.142. The molecule has 1 aromatic rings. The Morgan fingerprint density at radius 1 is 1.29 bits per heavy atom. The fraction of sp³-hybridized carbons (Fsp3) is 0.500. The van der Waals surface area contributed by atoms with Gasteiger partial charge in [0.05, 0.1) is 0 Å². The predicted octanol–water partition coefficient (Wildman–Crippen LogP) is 2.57. The van der Waals surface area contributed by atoms with Gasteiger partial charge in [-0.25, -0.2) is 4.39 Å². The normalized spacial score (nSPS) is 35.1. The van der Waals surface area contributed by atoms with E-state index in [4.69, 9.17) is 0 Å². The van der Waals surface area contributed by atoms with Crippen LogP contribution in [-0.2, 0) is 5.54 Å². The molecule has 2 heteroatoms. The summed E-state index contributed by atoms with van der Waals surface area (Å²) in [5.41, 5.74) is 1.45. The quantitative estimate of drug-likeness (QED) is 0.719. The Kier molecular flexibility index (Phi) is 1.68. The van der Waals surface area contributed by atoms with Gasteiger partial charge in [0.25, 0.3) is 0 Å². The lowest BCUT2D eigenvalue weighted by Crippen LogP contribution is -2.63. The molecule has 2 bridgehead atoms. The summed E-state index contributed by atoms with van der Waals surface area (Å²) >= 11 is 0. The smallest absolute Gasteiger partial charge is 0.123 e. The second kappa shape index (κ2) is 2.80. The maximum absolute atomic E-state index is 12.8. The maximum atomic E-state index is 12.8. The van der Waals surface area contributed by atoms with Crippen LogP contribution in [0.3, 0.4) is 0 Å². The van der Waals surface area contributed by atoms with Gasteiger partial charge in [-0.2, -0.15) is 0 Å². The van der Waals surface area contributed by atoms with Crippen molar-refractivity contribution >= 4 is 0 Å². The number of hydrogen-bond donors (Lipinski definition) is 1. The molecule has 3 aliphatic rings.